The highest BCUT2D eigenvalue weighted by Crippen LogP contribution is 2.21. The van der Waals surface area contributed by atoms with Gasteiger partial charge in [-0.2, -0.15) is 0 Å². The molecule has 3 heterocycles. The number of nitrogens with one attached hydrogen (secondary N) is 1. The summed E-state index contributed by atoms with van der Waals surface area (Å²) in [6, 6.07) is 22.1. The Bertz CT molecular complexity index is 1570. The molecule has 0 atom stereocenters. The number of esters is 1. The van der Waals surface area contributed by atoms with Crippen molar-refractivity contribution in [3.63, 3.8) is 0 Å². The lowest BCUT2D eigenvalue weighted by Gasteiger charge is -2.05. The van der Waals surface area contributed by atoms with Gasteiger partial charge in [0.2, 0.25) is 0 Å². The van der Waals surface area contributed by atoms with Crippen molar-refractivity contribution in [2.45, 2.75) is 13.2 Å². The molecule has 0 amide bonds. The van der Waals surface area contributed by atoms with Crippen molar-refractivity contribution in [3.05, 3.63) is 110 Å². The molecule has 0 unspecified atom stereocenters. The topological polar surface area (TPSA) is 94.1 Å². The average molecular weight is 443 g/mol. The predicted octanol–water partition coefficient (Wildman–Crippen LogP) is 3.70. The molecule has 0 aliphatic heterocycles. The molecule has 7 nitrogen and oxygen atoms in total. The van der Waals surface area contributed by atoms with Crippen LogP contribution in [0, 0.1) is 0 Å². The van der Waals surface area contributed by atoms with Gasteiger partial charge in [0.15, 0.2) is 0 Å². The number of pyridine rings is 1. The van der Waals surface area contributed by atoms with Gasteiger partial charge >= 0.3 is 11.7 Å². The van der Waals surface area contributed by atoms with E-state index in [4.69, 9.17) is 4.74 Å². The molecule has 5 rings (SSSR count). The van der Waals surface area contributed by atoms with E-state index in [1.807, 2.05) is 60.7 Å². The van der Waals surface area contributed by atoms with E-state index in [1.54, 1.807) is 6.07 Å². The van der Waals surface area contributed by atoms with Gasteiger partial charge in [-0.3, -0.25) is 19.3 Å². The maximum absolute atomic E-state index is 13.0. The van der Waals surface area contributed by atoms with Gasteiger partial charge in [-0.15, -0.1) is 11.3 Å². The van der Waals surface area contributed by atoms with Gasteiger partial charge in [0.05, 0.1) is 23.1 Å². The molecule has 0 saturated carbocycles. The number of para-hydroxylation sites is 1. The summed E-state index contributed by atoms with van der Waals surface area (Å²) in [7, 11) is 0. The van der Waals surface area contributed by atoms with Gasteiger partial charge in [0, 0.05) is 5.39 Å². The monoisotopic (exact) mass is 443 g/mol. The van der Waals surface area contributed by atoms with Crippen LogP contribution in [0.15, 0.2) is 82.4 Å². The van der Waals surface area contributed by atoms with E-state index in [9.17, 15) is 14.4 Å². The Balaban J connectivity index is 1.44. The summed E-state index contributed by atoms with van der Waals surface area (Å²) in [5.74, 6) is -0.543. The van der Waals surface area contributed by atoms with Crippen molar-refractivity contribution < 1.29 is 9.53 Å². The molecule has 8 heteroatoms. The molecular weight excluding hydrogens is 426 g/mol. The van der Waals surface area contributed by atoms with Crippen molar-refractivity contribution in [1.29, 1.82) is 0 Å². The molecule has 0 radical (unpaired) electrons. The minimum absolute atomic E-state index is 0.0264. The van der Waals surface area contributed by atoms with E-state index >= 15 is 0 Å². The molecule has 158 valence electrons. The van der Waals surface area contributed by atoms with Gasteiger partial charge in [-0.1, -0.05) is 54.6 Å². The van der Waals surface area contributed by atoms with Crippen LogP contribution in [0.1, 0.15) is 20.9 Å². The Kier molecular flexibility index (Phi) is 5.12. The summed E-state index contributed by atoms with van der Waals surface area (Å²) >= 11 is 1.03. The Morgan fingerprint density at radius 1 is 1.00 bits per heavy atom. The number of H-pyrrole nitrogens is 1. The number of thiophene rings is 1. The summed E-state index contributed by atoms with van der Waals surface area (Å²) in [6.07, 6.45) is 0. The van der Waals surface area contributed by atoms with Crippen LogP contribution in [0.4, 0.5) is 0 Å². The smallest absolute Gasteiger partial charge is 0.348 e. The molecule has 0 aliphatic rings. The second kappa shape index (κ2) is 8.24. The Morgan fingerprint density at radius 3 is 2.62 bits per heavy atom. The van der Waals surface area contributed by atoms with Crippen molar-refractivity contribution in [2.24, 2.45) is 0 Å². The van der Waals surface area contributed by atoms with Crippen LogP contribution >= 0.6 is 11.3 Å². The first kappa shape index (κ1) is 19.9. The molecule has 5 aromatic rings. The van der Waals surface area contributed by atoms with Crippen molar-refractivity contribution in [2.75, 3.05) is 0 Å². The fraction of sp³-hybridized carbons (Fsp3) is 0.0833. The van der Waals surface area contributed by atoms with Crippen LogP contribution in [0.2, 0.25) is 0 Å². The number of nitrogens with zero attached hydrogens (tertiary/aromatic N) is 2. The quantitative estimate of drug-likeness (QED) is 0.418. The second-order valence-electron chi connectivity index (χ2n) is 7.23. The molecule has 2 aromatic carbocycles. The molecular formula is C24H17N3O4S. The van der Waals surface area contributed by atoms with E-state index in [1.165, 1.54) is 6.07 Å². The van der Waals surface area contributed by atoms with Gasteiger partial charge in [0.25, 0.3) is 5.56 Å². The third-order valence-electron chi connectivity index (χ3n) is 5.06. The highest BCUT2D eigenvalue weighted by atomic mass is 32.1. The number of benzene rings is 2. The fourth-order valence-electron chi connectivity index (χ4n) is 3.44. The number of hydrogen-bond donors (Lipinski definition) is 1. The third-order valence-corrected chi connectivity index (χ3v) is 6.09. The number of fused-ring (bicyclic) bond motifs is 2. The lowest BCUT2D eigenvalue weighted by molar-refractivity contribution is 0.0478. The lowest BCUT2D eigenvalue weighted by atomic mass is 10.2. The van der Waals surface area contributed by atoms with Crippen molar-refractivity contribution in [1.82, 2.24) is 14.5 Å². The van der Waals surface area contributed by atoms with Crippen LogP contribution in [-0.2, 0) is 17.9 Å². The average Bonchev–Trinajstić information content (AvgIpc) is 3.25. The normalized spacial score (nSPS) is 11.1. The number of aromatic amines is 1. The van der Waals surface area contributed by atoms with Crippen LogP contribution < -0.4 is 11.2 Å². The maximum Gasteiger partial charge on any atom is 0.348 e. The molecule has 0 spiro atoms. The Morgan fingerprint density at radius 2 is 1.78 bits per heavy atom. The minimum Gasteiger partial charge on any atom is -0.457 e. The van der Waals surface area contributed by atoms with E-state index in [0.717, 1.165) is 32.4 Å². The van der Waals surface area contributed by atoms with Crippen molar-refractivity contribution >= 4 is 38.4 Å². The highest BCUT2D eigenvalue weighted by Gasteiger charge is 2.17. The number of rotatable bonds is 5. The molecule has 0 saturated heterocycles. The maximum atomic E-state index is 13.0. The van der Waals surface area contributed by atoms with E-state index in [2.05, 4.69) is 9.97 Å². The van der Waals surface area contributed by atoms with Crippen molar-refractivity contribution in [3.8, 4) is 0 Å². The van der Waals surface area contributed by atoms with Gasteiger partial charge in [0.1, 0.15) is 16.3 Å². The zero-order valence-corrected chi connectivity index (χ0v) is 17.6. The second-order valence-corrected chi connectivity index (χ2v) is 8.28. The standard InChI is InChI=1S/C24H17N3O4S/c28-22-18-12-20(23(29)31-14-15-6-2-1-3-7-15)32-21(18)26-24(30)27(22)13-17-11-10-16-8-4-5-9-19(16)25-17/h1-12H,13-14H2,(H,26,30). The summed E-state index contributed by atoms with van der Waals surface area (Å²) in [5, 5.41) is 1.24. The van der Waals surface area contributed by atoms with Gasteiger partial charge in [-0.25, -0.2) is 9.59 Å². The largest absolute Gasteiger partial charge is 0.457 e. The van der Waals surface area contributed by atoms with Crippen LogP contribution in [0.3, 0.4) is 0 Å². The third kappa shape index (κ3) is 3.83. The van der Waals surface area contributed by atoms with Crippen LogP contribution in [0.25, 0.3) is 21.1 Å². The highest BCUT2D eigenvalue weighted by molar-refractivity contribution is 7.20. The summed E-state index contributed by atoms with van der Waals surface area (Å²) in [6.45, 7) is 0.154. The van der Waals surface area contributed by atoms with Crippen LogP contribution in [-0.4, -0.2) is 20.5 Å². The van der Waals surface area contributed by atoms with Crippen LogP contribution in [0.5, 0.6) is 0 Å². The molecule has 0 fully saturated rings. The van der Waals surface area contributed by atoms with E-state index < -0.39 is 17.2 Å². The number of ether oxygens (including phenoxy) is 1. The first-order valence-electron chi connectivity index (χ1n) is 9.91. The number of carbonyl (C=O) groups is 1. The lowest BCUT2D eigenvalue weighted by Crippen LogP contribution is -2.35. The SMILES string of the molecule is O=C(OCc1ccccc1)c1cc2c(=O)n(Cc3ccc4ccccc4n3)c(=O)[nH]c2s1. The molecule has 1 N–H and O–H groups in total. The number of hydrogen-bond acceptors (Lipinski definition) is 6. The van der Waals surface area contributed by atoms with E-state index in [-0.39, 0.29) is 23.4 Å². The zero-order chi connectivity index (χ0) is 22.1. The molecule has 32 heavy (non-hydrogen) atoms. The fourth-order valence-corrected chi connectivity index (χ4v) is 4.38. The van der Waals surface area contributed by atoms with Gasteiger partial charge in [-0.05, 0) is 23.8 Å². The summed E-state index contributed by atoms with van der Waals surface area (Å²) in [5.41, 5.74) is 1.21. The Hall–Kier alpha value is -4.04. The summed E-state index contributed by atoms with van der Waals surface area (Å²) in [4.78, 5) is 45.9. The first-order chi connectivity index (χ1) is 15.6. The molecule has 0 aliphatic carbocycles. The number of carbonyl (C=O) groups excluding carboxylic acids is 1. The Labute approximate surface area is 185 Å². The molecule has 3 aromatic heterocycles. The van der Waals surface area contributed by atoms with Gasteiger partial charge < -0.3 is 4.74 Å². The predicted molar refractivity (Wildman–Crippen MR) is 123 cm³/mol. The minimum atomic E-state index is -0.552. The molecule has 0 bridgehead atoms. The summed E-state index contributed by atoms with van der Waals surface area (Å²) < 4.78 is 6.43. The van der Waals surface area contributed by atoms with E-state index in [0.29, 0.717) is 10.5 Å². The number of aromatic nitrogens is 3. The first-order valence-corrected chi connectivity index (χ1v) is 10.7. The zero-order valence-electron chi connectivity index (χ0n) is 16.8.